The minimum Gasteiger partial charge on any atom is -0.382 e. The van der Waals surface area contributed by atoms with Crippen LogP contribution in [-0.2, 0) is 14.8 Å². The zero-order chi connectivity index (χ0) is 17.9. The molecule has 0 unspecified atom stereocenters. The number of amidine groups is 1. The lowest BCUT2D eigenvalue weighted by Gasteiger charge is -2.12. The molecule has 0 aromatic heterocycles. The summed E-state index contributed by atoms with van der Waals surface area (Å²) in [6.07, 6.45) is 3.08. The number of rotatable bonds is 5. The van der Waals surface area contributed by atoms with Crippen LogP contribution in [0.25, 0.3) is 0 Å². The van der Waals surface area contributed by atoms with Crippen LogP contribution in [0.4, 0.5) is 4.39 Å². The zero-order valence-electron chi connectivity index (χ0n) is 13.1. The van der Waals surface area contributed by atoms with Gasteiger partial charge in [-0.05, 0) is 36.0 Å². The lowest BCUT2D eigenvalue weighted by atomic mass is 10.4. The summed E-state index contributed by atoms with van der Waals surface area (Å²) in [5, 5.41) is 0.0392. The molecular weight excluding hydrogens is 353 g/mol. The lowest BCUT2D eigenvalue weighted by Crippen LogP contribution is -2.30. The topological polar surface area (TPSA) is 70.1 Å². The Balaban J connectivity index is 2.43. The maximum atomic E-state index is 13.0. The van der Waals surface area contributed by atoms with E-state index in [2.05, 4.69) is 11.0 Å². The van der Waals surface area contributed by atoms with Crippen LogP contribution >= 0.6 is 11.8 Å². The number of hydrogen-bond acceptors (Lipinski definition) is 5. The Morgan fingerprint density at radius 1 is 1.33 bits per heavy atom. The van der Waals surface area contributed by atoms with Gasteiger partial charge in [0.05, 0.1) is 9.80 Å². The first-order valence-electron chi connectivity index (χ1n) is 6.84. The molecule has 1 aliphatic heterocycles. The molecule has 128 valence electrons. The molecule has 1 heterocycles. The molecule has 1 aromatic carbocycles. The molecule has 0 spiro atoms. The van der Waals surface area contributed by atoms with Crippen molar-refractivity contribution in [2.45, 2.75) is 4.90 Å². The molecular formula is C15H16FN3O3S2. The summed E-state index contributed by atoms with van der Waals surface area (Å²) in [5.41, 5.74) is 0. The van der Waals surface area contributed by atoms with E-state index in [1.54, 1.807) is 25.2 Å². The van der Waals surface area contributed by atoms with Crippen molar-refractivity contribution in [1.82, 2.24) is 9.80 Å². The average molecular weight is 369 g/mol. The van der Waals surface area contributed by atoms with Crippen molar-refractivity contribution >= 4 is 32.9 Å². The molecule has 1 amide bonds. The SMILES string of the molecule is C=CCN1C(=O)C(=CN(C)C)SC1=NS(=O)(=O)c1ccc(F)cc1. The smallest absolute Gasteiger partial charge is 0.284 e. The second kappa shape index (κ2) is 7.18. The molecule has 1 aromatic rings. The average Bonchev–Trinajstić information content (AvgIpc) is 2.75. The Morgan fingerprint density at radius 2 is 1.96 bits per heavy atom. The minimum absolute atomic E-state index is 0.0392. The molecule has 1 saturated heterocycles. The maximum Gasteiger partial charge on any atom is 0.284 e. The van der Waals surface area contributed by atoms with Gasteiger partial charge in [0.1, 0.15) is 5.82 Å². The van der Waals surface area contributed by atoms with Crippen LogP contribution in [0.5, 0.6) is 0 Å². The quantitative estimate of drug-likeness (QED) is 0.587. The Morgan fingerprint density at radius 3 is 2.50 bits per heavy atom. The standard InChI is InChI=1S/C15H16FN3O3S2/c1-4-9-19-14(20)13(10-18(2)3)23-15(19)17-24(21,22)12-7-5-11(16)6-8-12/h4-8,10H,1,9H2,2-3H3. The number of benzene rings is 1. The highest BCUT2D eigenvalue weighted by Gasteiger charge is 2.34. The highest BCUT2D eigenvalue weighted by Crippen LogP contribution is 2.32. The second-order valence-corrected chi connectivity index (χ2v) is 7.68. The number of thioether (sulfide) groups is 1. The molecule has 0 aliphatic carbocycles. The van der Waals surface area contributed by atoms with Crippen molar-refractivity contribution in [3.63, 3.8) is 0 Å². The summed E-state index contributed by atoms with van der Waals surface area (Å²) in [6, 6.07) is 4.34. The molecule has 0 bridgehead atoms. The minimum atomic E-state index is -4.06. The molecule has 1 fully saturated rings. The van der Waals surface area contributed by atoms with E-state index >= 15 is 0 Å². The van der Waals surface area contributed by atoms with E-state index in [1.807, 2.05) is 0 Å². The Hall–Kier alpha value is -2.13. The van der Waals surface area contributed by atoms with Gasteiger partial charge in [0.15, 0.2) is 5.17 Å². The maximum absolute atomic E-state index is 13.0. The van der Waals surface area contributed by atoms with Gasteiger partial charge in [-0.3, -0.25) is 9.69 Å². The third kappa shape index (κ3) is 4.04. The van der Waals surface area contributed by atoms with Crippen molar-refractivity contribution in [1.29, 1.82) is 0 Å². The molecule has 24 heavy (non-hydrogen) atoms. The van der Waals surface area contributed by atoms with Gasteiger partial charge in [0.25, 0.3) is 15.9 Å². The van der Waals surface area contributed by atoms with E-state index in [4.69, 9.17) is 0 Å². The number of halogens is 1. The van der Waals surface area contributed by atoms with E-state index in [0.717, 1.165) is 36.0 Å². The zero-order valence-corrected chi connectivity index (χ0v) is 14.8. The largest absolute Gasteiger partial charge is 0.382 e. The molecule has 0 saturated carbocycles. The molecule has 6 nitrogen and oxygen atoms in total. The fourth-order valence-corrected chi connectivity index (χ4v) is 4.11. The predicted octanol–water partition coefficient (Wildman–Crippen LogP) is 2.03. The Bertz CT molecular complexity index is 815. The van der Waals surface area contributed by atoms with Gasteiger partial charge >= 0.3 is 0 Å². The van der Waals surface area contributed by atoms with Crippen molar-refractivity contribution in [3.05, 3.63) is 53.8 Å². The predicted molar refractivity (Wildman–Crippen MR) is 92.3 cm³/mol. The van der Waals surface area contributed by atoms with Crippen LogP contribution in [-0.4, -0.2) is 49.9 Å². The number of amides is 1. The lowest BCUT2D eigenvalue weighted by molar-refractivity contribution is -0.121. The van der Waals surface area contributed by atoms with Gasteiger partial charge in [0, 0.05) is 26.8 Å². The van der Waals surface area contributed by atoms with Crippen LogP contribution in [0, 0.1) is 5.82 Å². The first-order valence-corrected chi connectivity index (χ1v) is 9.09. The van der Waals surface area contributed by atoms with E-state index in [-0.39, 0.29) is 22.5 Å². The van der Waals surface area contributed by atoms with Crippen molar-refractivity contribution < 1.29 is 17.6 Å². The van der Waals surface area contributed by atoms with Gasteiger partial charge in [-0.25, -0.2) is 4.39 Å². The normalized spacial score (nSPS) is 18.5. The van der Waals surface area contributed by atoms with Gasteiger partial charge in [0.2, 0.25) is 0 Å². The first kappa shape index (κ1) is 18.2. The van der Waals surface area contributed by atoms with Crippen LogP contribution in [0.2, 0.25) is 0 Å². The van der Waals surface area contributed by atoms with Crippen molar-refractivity contribution in [2.24, 2.45) is 4.40 Å². The fraction of sp³-hybridized carbons (Fsp3) is 0.200. The van der Waals surface area contributed by atoms with Crippen LogP contribution < -0.4 is 0 Å². The molecule has 0 atom stereocenters. The van der Waals surface area contributed by atoms with E-state index in [9.17, 15) is 17.6 Å². The van der Waals surface area contributed by atoms with Crippen molar-refractivity contribution in [2.75, 3.05) is 20.6 Å². The van der Waals surface area contributed by atoms with Crippen LogP contribution in [0.1, 0.15) is 0 Å². The van der Waals surface area contributed by atoms with Gasteiger partial charge in [-0.15, -0.1) is 11.0 Å². The third-order valence-electron chi connectivity index (χ3n) is 2.88. The summed E-state index contributed by atoms with van der Waals surface area (Å²) in [5.74, 6) is -0.891. The monoisotopic (exact) mass is 369 g/mol. The number of carbonyl (C=O) groups excluding carboxylic acids is 1. The van der Waals surface area contributed by atoms with Crippen LogP contribution in [0.15, 0.2) is 57.3 Å². The molecule has 2 rings (SSSR count). The number of sulfonamides is 1. The van der Waals surface area contributed by atoms with Gasteiger partial charge < -0.3 is 4.90 Å². The Kier molecular flexibility index (Phi) is 5.45. The number of nitrogens with zero attached hydrogens (tertiary/aromatic N) is 3. The van der Waals surface area contributed by atoms with Crippen LogP contribution in [0.3, 0.4) is 0 Å². The van der Waals surface area contributed by atoms with E-state index in [1.165, 1.54) is 11.0 Å². The summed E-state index contributed by atoms with van der Waals surface area (Å²) in [4.78, 5) is 15.5. The number of hydrogen-bond donors (Lipinski definition) is 0. The molecule has 0 N–H and O–H groups in total. The van der Waals surface area contributed by atoms with E-state index in [0.29, 0.717) is 4.91 Å². The summed E-state index contributed by atoms with van der Waals surface area (Å²) >= 11 is 0.965. The van der Waals surface area contributed by atoms with Crippen molar-refractivity contribution in [3.8, 4) is 0 Å². The molecule has 0 radical (unpaired) electrons. The fourth-order valence-electron chi connectivity index (χ4n) is 1.85. The summed E-state index contributed by atoms with van der Waals surface area (Å²) in [7, 11) is -0.549. The summed E-state index contributed by atoms with van der Waals surface area (Å²) in [6.45, 7) is 3.70. The summed E-state index contributed by atoms with van der Waals surface area (Å²) < 4.78 is 41.4. The third-order valence-corrected chi connectivity index (χ3v) is 5.28. The molecule has 9 heteroatoms. The second-order valence-electron chi connectivity index (χ2n) is 5.07. The van der Waals surface area contributed by atoms with Gasteiger partial charge in [-0.2, -0.15) is 8.42 Å². The first-order chi connectivity index (χ1) is 11.2. The highest BCUT2D eigenvalue weighted by molar-refractivity contribution is 8.19. The Labute approximate surface area is 144 Å². The highest BCUT2D eigenvalue weighted by atomic mass is 32.2. The molecule has 1 aliphatic rings. The van der Waals surface area contributed by atoms with E-state index < -0.39 is 15.8 Å². The van der Waals surface area contributed by atoms with Gasteiger partial charge in [-0.1, -0.05) is 6.08 Å². The number of carbonyl (C=O) groups is 1.